The number of halogens is 2. The van der Waals surface area contributed by atoms with E-state index in [1.54, 1.807) is 11.8 Å². The summed E-state index contributed by atoms with van der Waals surface area (Å²) in [5.41, 5.74) is 10.8. The number of nitrogens with two attached hydrogens (primary N) is 2. The van der Waals surface area contributed by atoms with Crippen molar-refractivity contribution in [2.75, 3.05) is 12.4 Å². The van der Waals surface area contributed by atoms with Crippen LogP contribution in [0.1, 0.15) is 20.3 Å². The molecule has 9 heteroatoms. The number of hydrogen-bond acceptors (Lipinski definition) is 7. The van der Waals surface area contributed by atoms with Crippen molar-refractivity contribution in [2.24, 2.45) is 21.5 Å². The first-order valence-electron chi connectivity index (χ1n) is 6.90. The number of guanidine groups is 2. The van der Waals surface area contributed by atoms with Crippen LogP contribution in [0.4, 0.5) is 0 Å². The Balaban J connectivity index is 0.00000264. The Labute approximate surface area is 156 Å². The average molecular weight is 423 g/mol. The Bertz CT molecular complexity index is 596. The second-order valence-corrected chi connectivity index (χ2v) is 6.74. The van der Waals surface area contributed by atoms with Crippen molar-refractivity contribution in [2.45, 2.75) is 30.8 Å². The van der Waals surface area contributed by atoms with E-state index in [9.17, 15) is 0 Å². The summed E-state index contributed by atoms with van der Waals surface area (Å²) in [7, 11) is 0. The van der Waals surface area contributed by atoms with E-state index < -0.39 is 5.66 Å². The molecule has 0 fully saturated rings. The molecule has 1 aliphatic rings. The van der Waals surface area contributed by atoms with E-state index >= 15 is 0 Å². The van der Waals surface area contributed by atoms with Gasteiger partial charge < -0.3 is 11.5 Å². The molecule has 0 aliphatic carbocycles. The van der Waals surface area contributed by atoms with Gasteiger partial charge in [-0.05, 0) is 32.4 Å². The molecule has 128 valence electrons. The quantitative estimate of drug-likeness (QED) is 0.543. The minimum Gasteiger partial charge on any atom is -0.368 e. The molecule has 1 aromatic carbocycles. The van der Waals surface area contributed by atoms with Gasteiger partial charge in [0, 0.05) is 10.6 Å². The second kappa shape index (κ2) is 8.77. The zero-order chi connectivity index (χ0) is 16.2. The van der Waals surface area contributed by atoms with Gasteiger partial charge in [-0.2, -0.15) is 10.1 Å². The molecule has 0 bridgehead atoms. The number of thioether (sulfide) groups is 1. The molecule has 0 atom stereocenters. The third-order valence-electron chi connectivity index (χ3n) is 2.93. The van der Waals surface area contributed by atoms with Gasteiger partial charge in [0.1, 0.15) is 0 Å². The molecule has 4 N–H and O–H groups in total. The van der Waals surface area contributed by atoms with Crippen LogP contribution in [-0.4, -0.2) is 35.0 Å². The molecule has 0 spiro atoms. The van der Waals surface area contributed by atoms with Crippen molar-refractivity contribution in [3.05, 3.63) is 29.3 Å². The average Bonchev–Trinajstić information content (AvgIpc) is 2.42. The number of nitrogens with zero attached hydrogens (tertiary/aromatic N) is 3. The van der Waals surface area contributed by atoms with Crippen molar-refractivity contribution in [1.82, 2.24) is 5.06 Å². The summed E-state index contributed by atoms with van der Waals surface area (Å²) in [6.07, 6.45) is 0.842. The summed E-state index contributed by atoms with van der Waals surface area (Å²) in [5, 5.41) is 2.26. The van der Waals surface area contributed by atoms with Crippen LogP contribution in [0.3, 0.4) is 0 Å². The zero-order valence-electron chi connectivity index (χ0n) is 13.0. The third kappa shape index (κ3) is 5.56. The Morgan fingerprint density at radius 1 is 1.30 bits per heavy atom. The first-order valence-corrected chi connectivity index (χ1v) is 8.26. The molecule has 6 nitrogen and oxygen atoms in total. The van der Waals surface area contributed by atoms with Crippen molar-refractivity contribution in [3.8, 4) is 0 Å². The number of benzene rings is 1. The predicted octanol–water partition coefficient (Wildman–Crippen LogP) is 3.01. The maximum atomic E-state index is 6.11. The maximum Gasteiger partial charge on any atom is 0.226 e. The topological polar surface area (TPSA) is 89.2 Å². The highest BCUT2D eigenvalue weighted by atomic mass is 79.9. The number of hydrogen-bond donors (Lipinski definition) is 2. The molecule has 1 aromatic rings. The van der Waals surface area contributed by atoms with Crippen LogP contribution in [0.5, 0.6) is 0 Å². The standard InChI is InChI=1S/C14H20ClN5OS.BrH/c1-14(2)19-12(16)18-13(17)20(14)21-8-5-9-22-11-7-4-3-6-10(11)15;/h3-4,6-7H,5,8-9H2,1-2H3,(H4,16,17,18,19);1H. The molecule has 2 rings (SSSR count). The highest BCUT2D eigenvalue weighted by Crippen LogP contribution is 2.27. The number of rotatable bonds is 6. The summed E-state index contributed by atoms with van der Waals surface area (Å²) in [6.45, 7) is 4.23. The van der Waals surface area contributed by atoms with E-state index in [4.69, 9.17) is 27.9 Å². The lowest BCUT2D eigenvalue weighted by Gasteiger charge is -2.36. The third-order valence-corrected chi connectivity index (χ3v) is 4.53. The van der Waals surface area contributed by atoms with Gasteiger partial charge >= 0.3 is 0 Å². The fraction of sp³-hybridized carbons (Fsp3) is 0.429. The molecule has 0 amide bonds. The van der Waals surface area contributed by atoms with Crippen LogP contribution < -0.4 is 11.5 Å². The van der Waals surface area contributed by atoms with E-state index in [0.29, 0.717) is 6.61 Å². The van der Waals surface area contributed by atoms with Gasteiger partial charge in [0.25, 0.3) is 0 Å². The van der Waals surface area contributed by atoms with Gasteiger partial charge in [0.2, 0.25) is 11.9 Å². The van der Waals surface area contributed by atoms with Crippen molar-refractivity contribution < 1.29 is 4.84 Å². The van der Waals surface area contributed by atoms with Crippen molar-refractivity contribution in [3.63, 3.8) is 0 Å². The van der Waals surface area contributed by atoms with Crippen molar-refractivity contribution in [1.29, 1.82) is 0 Å². The van der Waals surface area contributed by atoms with Gasteiger partial charge in [0.15, 0.2) is 5.66 Å². The van der Waals surface area contributed by atoms with Crippen LogP contribution in [0.2, 0.25) is 5.02 Å². The second-order valence-electron chi connectivity index (χ2n) is 5.19. The predicted molar refractivity (Wildman–Crippen MR) is 102 cm³/mol. The van der Waals surface area contributed by atoms with Gasteiger partial charge in [-0.1, -0.05) is 23.7 Å². The van der Waals surface area contributed by atoms with E-state index in [-0.39, 0.29) is 28.9 Å². The van der Waals surface area contributed by atoms with E-state index in [0.717, 1.165) is 22.1 Å². The van der Waals surface area contributed by atoms with Crippen molar-refractivity contribution >= 4 is 52.3 Å². The van der Waals surface area contributed by atoms with Gasteiger partial charge in [-0.15, -0.1) is 28.7 Å². The Morgan fingerprint density at radius 3 is 2.65 bits per heavy atom. The highest BCUT2D eigenvalue weighted by Gasteiger charge is 2.32. The summed E-state index contributed by atoms with van der Waals surface area (Å²) in [6, 6.07) is 7.78. The monoisotopic (exact) mass is 421 g/mol. The first kappa shape index (κ1) is 20.1. The smallest absolute Gasteiger partial charge is 0.226 e. The lowest BCUT2D eigenvalue weighted by atomic mass is 10.2. The summed E-state index contributed by atoms with van der Waals surface area (Å²) < 4.78 is 0. The molecular formula is C14H21BrClN5OS. The number of aliphatic imine (C=N–C) groups is 2. The van der Waals surface area contributed by atoms with E-state index in [2.05, 4.69) is 9.98 Å². The Hall–Kier alpha value is -0.960. The molecule has 1 heterocycles. The fourth-order valence-corrected chi connectivity index (χ4v) is 3.14. The molecular weight excluding hydrogens is 402 g/mol. The van der Waals surface area contributed by atoms with Gasteiger partial charge in [0.05, 0.1) is 11.6 Å². The lowest BCUT2D eigenvalue weighted by Crippen LogP contribution is -2.53. The molecule has 1 aliphatic heterocycles. The van der Waals surface area contributed by atoms with Crippen LogP contribution in [0.15, 0.2) is 39.1 Å². The van der Waals surface area contributed by atoms with Crippen LogP contribution >= 0.6 is 40.3 Å². The highest BCUT2D eigenvalue weighted by molar-refractivity contribution is 8.93. The maximum absolute atomic E-state index is 6.11. The van der Waals surface area contributed by atoms with Gasteiger partial charge in [-0.3, -0.25) is 4.84 Å². The van der Waals surface area contributed by atoms with Crippen LogP contribution in [0, 0.1) is 0 Å². The molecule has 0 radical (unpaired) electrons. The Kier molecular flexibility index (Phi) is 7.66. The lowest BCUT2D eigenvalue weighted by molar-refractivity contribution is -0.156. The fourth-order valence-electron chi connectivity index (χ4n) is 1.98. The molecule has 0 unspecified atom stereocenters. The molecule has 0 saturated carbocycles. The molecule has 0 aromatic heterocycles. The normalized spacial score (nSPS) is 16.4. The minimum absolute atomic E-state index is 0. The Morgan fingerprint density at radius 2 is 2.00 bits per heavy atom. The SMILES string of the molecule is Br.CC1(C)N=C(N)N=C(N)N1OCCCSc1ccccc1Cl. The summed E-state index contributed by atoms with van der Waals surface area (Å²) >= 11 is 7.81. The first-order chi connectivity index (χ1) is 10.4. The summed E-state index contributed by atoms with van der Waals surface area (Å²) in [4.78, 5) is 14.9. The summed E-state index contributed by atoms with van der Waals surface area (Å²) in [5.74, 6) is 1.27. The van der Waals surface area contributed by atoms with Gasteiger partial charge in [-0.25, -0.2) is 4.99 Å². The minimum atomic E-state index is -0.661. The number of hydroxylamine groups is 2. The molecule has 23 heavy (non-hydrogen) atoms. The van der Waals surface area contributed by atoms with Crippen LogP contribution in [-0.2, 0) is 4.84 Å². The van der Waals surface area contributed by atoms with E-state index in [1.807, 2.05) is 38.1 Å². The van der Waals surface area contributed by atoms with E-state index in [1.165, 1.54) is 5.06 Å². The zero-order valence-corrected chi connectivity index (χ0v) is 16.3. The van der Waals surface area contributed by atoms with Crippen LogP contribution in [0.25, 0.3) is 0 Å². The molecule has 0 saturated heterocycles. The largest absolute Gasteiger partial charge is 0.368 e.